The molecule has 0 bridgehead atoms. The first-order valence-corrected chi connectivity index (χ1v) is 14.1. The number of urea groups is 1. The number of ketones is 1. The summed E-state index contributed by atoms with van der Waals surface area (Å²) in [6.07, 6.45) is 1.20. The number of nitrogens with one attached hydrogen (secondary N) is 4. The van der Waals surface area contributed by atoms with Crippen LogP contribution in [0.1, 0.15) is 82.1 Å². The van der Waals surface area contributed by atoms with Gasteiger partial charge in [0.15, 0.2) is 5.78 Å². The fourth-order valence-electron chi connectivity index (χ4n) is 4.13. The van der Waals surface area contributed by atoms with Crippen molar-refractivity contribution in [3.63, 3.8) is 0 Å². The van der Waals surface area contributed by atoms with Gasteiger partial charge in [-0.2, -0.15) is 0 Å². The molecule has 4 unspecified atom stereocenters. The highest BCUT2D eigenvalue weighted by Crippen LogP contribution is 2.26. The molecular weight excluding hydrogens is 504 g/mol. The molecule has 1 saturated heterocycles. The smallest absolute Gasteiger partial charge is 0.315 e. The Morgan fingerprint density at radius 2 is 1.58 bits per heavy atom. The van der Waals surface area contributed by atoms with Gasteiger partial charge in [0.1, 0.15) is 12.1 Å². The van der Waals surface area contributed by atoms with Gasteiger partial charge in [0.05, 0.1) is 6.04 Å². The molecule has 1 heterocycles. The first-order valence-electron chi connectivity index (χ1n) is 13.7. The third-order valence-corrected chi connectivity index (χ3v) is 7.67. The van der Waals surface area contributed by atoms with E-state index in [1.807, 2.05) is 25.1 Å². The zero-order valence-electron chi connectivity index (χ0n) is 25.1. The number of carbonyl (C=O) groups excluding carboxylic acids is 4. The van der Waals surface area contributed by atoms with Gasteiger partial charge in [-0.1, -0.05) is 54.4 Å². The van der Waals surface area contributed by atoms with Crippen molar-refractivity contribution in [2.75, 3.05) is 26.2 Å². The van der Waals surface area contributed by atoms with Crippen LogP contribution in [0.2, 0.25) is 0 Å². The number of likely N-dealkylation sites (tertiary alicyclic amines) is 1. The second kappa shape index (κ2) is 14.5. The molecule has 0 aromatic carbocycles. The van der Waals surface area contributed by atoms with E-state index in [0.29, 0.717) is 32.0 Å². The minimum atomic E-state index is -0.835. The number of Topliss-reactive ketones (excluding diaryl/α,β-unsaturated/α-hetero) is 1. The zero-order chi connectivity index (χ0) is 29.4. The van der Waals surface area contributed by atoms with Crippen molar-refractivity contribution in [3.8, 4) is 0 Å². The standard InChI is InChI=1S/C27H52N6O4S/c1-17(2)33(38)15-13-28-16-21(26(5,6)7)30-25(37)31-22(27(8,9)10)24(36)32-14-11-12-20(32)23(35)29-18(3)19(4)34/h17-18,20-22,28,38H,11-16H2,1-10H3,(H,29,35)(H2,30,31,37). The SMILES string of the molecule is CC(=O)C(C)NC(=O)C1CCCN1C(=O)C(NC(=O)NC(CNCCN(S)C(C)C)C(C)(C)C)C(C)(C)C. The van der Waals surface area contributed by atoms with Gasteiger partial charge >= 0.3 is 6.03 Å². The molecule has 4 atom stereocenters. The van der Waals surface area contributed by atoms with Crippen molar-refractivity contribution in [2.45, 2.75) is 112 Å². The summed E-state index contributed by atoms with van der Waals surface area (Å²) in [6.45, 7) is 21.5. The molecule has 0 aromatic rings. The molecule has 10 nitrogen and oxygen atoms in total. The summed E-state index contributed by atoms with van der Waals surface area (Å²) in [5.74, 6) is -0.786. The number of nitrogens with zero attached hydrogens (tertiary/aromatic N) is 2. The summed E-state index contributed by atoms with van der Waals surface area (Å²) < 4.78 is 1.95. The first-order chi connectivity index (χ1) is 17.4. The summed E-state index contributed by atoms with van der Waals surface area (Å²) in [5, 5.41) is 12.1. The maximum Gasteiger partial charge on any atom is 0.315 e. The van der Waals surface area contributed by atoms with Crippen LogP contribution in [0, 0.1) is 10.8 Å². The van der Waals surface area contributed by atoms with E-state index >= 15 is 0 Å². The van der Waals surface area contributed by atoms with E-state index in [1.165, 1.54) is 6.92 Å². The molecule has 0 saturated carbocycles. The summed E-state index contributed by atoms with van der Waals surface area (Å²) in [7, 11) is 0. The monoisotopic (exact) mass is 556 g/mol. The second-order valence-corrected chi connectivity index (χ2v) is 13.3. The van der Waals surface area contributed by atoms with E-state index in [1.54, 1.807) is 11.8 Å². The van der Waals surface area contributed by atoms with E-state index in [9.17, 15) is 19.2 Å². The summed E-state index contributed by atoms with van der Waals surface area (Å²) in [5.41, 5.74) is -0.817. The van der Waals surface area contributed by atoms with Gasteiger partial charge in [0, 0.05) is 38.3 Å². The van der Waals surface area contributed by atoms with Crippen molar-refractivity contribution < 1.29 is 19.2 Å². The minimum Gasteiger partial charge on any atom is -0.345 e. The van der Waals surface area contributed by atoms with E-state index in [0.717, 1.165) is 13.1 Å². The number of rotatable bonds is 12. The van der Waals surface area contributed by atoms with Crippen LogP contribution in [0.3, 0.4) is 0 Å². The topological polar surface area (TPSA) is 123 Å². The minimum absolute atomic E-state index is 0.147. The molecular formula is C27H52N6O4S. The average molecular weight is 557 g/mol. The highest BCUT2D eigenvalue weighted by molar-refractivity contribution is 7.77. The summed E-state index contributed by atoms with van der Waals surface area (Å²) in [4.78, 5) is 52.9. The fraction of sp³-hybridized carbons (Fsp3) is 0.852. The van der Waals surface area contributed by atoms with E-state index < -0.39 is 29.6 Å². The third-order valence-electron chi connectivity index (χ3n) is 7.01. The average Bonchev–Trinajstić information content (AvgIpc) is 3.27. The van der Waals surface area contributed by atoms with Crippen molar-refractivity contribution in [2.24, 2.45) is 10.8 Å². The third kappa shape index (κ3) is 10.7. The first kappa shape index (κ1) is 34.2. The number of hydrogen-bond donors (Lipinski definition) is 5. The van der Waals surface area contributed by atoms with Crippen LogP contribution in [0.25, 0.3) is 0 Å². The van der Waals surface area contributed by atoms with Crippen LogP contribution in [0.4, 0.5) is 4.79 Å². The molecule has 1 fully saturated rings. The molecule has 11 heteroatoms. The van der Waals surface area contributed by atoms with Crippen molar-refractivity contribution in [1.82, 2.24) is 30.5 Å². The molecule has 4 amide bonds. The predicted octanol–water partition coefficient (Wildman–Crippen LogP) is 2.34. The number of carbonyl (C=O) groups is 4. The maximum atomic E-state index is 13.7. The van der Waals surface area contributed by atoms with Crippen LogP contribution >= 0.6 is 12.8 Å². The highest BCUT2D eigenvalue weighted by Gasteiger charge is 2.42. The Bertz CT molecular complexity index is 823. The largest absolute Gasteiger partial charge is 0.345 e. The molecule has 0 aromatic heterocycles. The maximum absolute atomic E-state index is 13.7. The molecule has 0 spiro atoms. The fourth-order valence-corrected chi connectivity index (χ4v) is 4.23. The van der Waals surface area contributed by atoms with E-state index in [4.69, 9.17) is 0 Å². The van der Waals surface area contributed by atoms with Crippen molar-refractivity contribution in [3.05, 3.63) is 0 Å². The summed E-state index contributed by atoms with van der Waals surface area (Å²) in [6, 6.07) is -2.41. The van der Waals surface area contributed by atoms with Gasteiger partial charge in [-0.15, -0.1) is 0 Å². The number of hydrogen-bond acceptors (Lipinski definition) is 7. The van der Waals surface area contributed by atoms with Crippen molar-refractivity contribution >= 4 is 36.4 Å². The van der Waals surface area contributed by atoms with Crippen molar-refractivity contribution in [1.29, 1.82) is 0 Å². The van der Waals surface area contributed by atoms with Gasteiger partial charge in [-0.3, -0.25) is 14.4 Å². The van der Waals surface area contributed by atoms with Crippen LogP contribution < -0.4 is 21.3 Å². The molecule has 4 N–H and O–H groups in total. The number of amides is 4. The second-order valence-electron chi connectivity index (χ2n) is 12.8. The van der Waals surface area contributed by atoms with Crippen LogP contribution in [-0.4, -0.2) is 89.2 Å². The molecule has 1 aliphatic rings. The van der Waals surface area contributed by atoms with E-state index in [2.05, 4.69) is 68.7 Å². The Labute approximate surface area is 235 Å². The Morgan fingerprint density at radius 3 is 2.08 bits per heavy atom. The van der Waals surface area contributed by atoms with Gasteiger partial charge in [0.25, 0.3) is 0 Å². The Hall–Kier alpha value is -1.85. The Balaban J connectivity index is 2.91. The van der Waals surface area contributed by atoms with Gasteiger partial charge in [-0.25, -0.2) is 9.10 Å². The molecule has 1 aliphatic heterocycles. The Kier molecular flexibility index (Phi) is 13.1. The van der Waals surface area contributed by atoms with E-state index in [-0.39, 0.29) is 29.1 Å². The molecule has 0 aliphatic carbocycles. The van der Waals surface area contributed by atoms with Gasteiger partial charge in [-0.05, 0) is 51.4 Å². The lowest BCUT2D eigenvalue weighted by molar-refractivity contribution is -0.142. The Morgan fingerprint density at radius 1 is 0.974 bits per heavy atom. The normalized spacial score (nSPS) is 18.8. The van der Waals surface area contributed by atoms with Crippen LogP contribution in [-0.2, 0) is 14.4 Å². The molecule has 1 rings (SSSR count). The van der Waals surface area contributed by atoms with Gasteiger partial charge < -0.3 is 26.2 Å². The van der Waals surface area contributed by atoms with Crippen LogP contribution in [0.15, 0.2) is 0 Å². The highest BCUT2D eigenvalue weighted by atomic mass is 32.1. The number of thiol groups is 1. The van der Waals surface area contributed by atoms with Crippen LogP contribution in [0.5, 0.6) is 0 Å². The van der Waals surface area contributed by atoms with Gasteiger partial charge in [0.2, 0.25) is 11.8 Å². The molecule has 38 heavy (non-hydrogen) atoms. The lowest BCUT2D eigenvalue weighted by atomic mass is 9.85. The summed E-state index contributed by atoms with van der Waals surface area (Å²) >= 11 is 4.46. The molecule has 0 radical (unpaired) electrons. The predicted molar refractivity (Wildman–Crippen MR) is 155 cm³/mol. The zero-order valence-corrected chi connectivity index (χ0v) is 26.0. The quantitative estimate of drug-likeness (QED) is 0.186. The molecule has 220 valence electrons. The lowest BCUT2D eigenvalue weighted by Crippen LogP contribution is -2.61. The lowest BCUT2D eigenvalue weighted by Gasteiger charge is -2.37.